The first-order valence-electron chi connectivity index (χ1n) is 9.25. The molecule has 7 nitrogen and oxygen atoms in total. The predicted octanol–water partition coefficient (Wildman–Crippen LogP) is 3.20. The van der Waals surface area contributed by atoms with E-state index in [1.54, 1.807) is 44.3 Å². The van der Waals surface area contributed by atoms with Crippen molar-refractivity contribution in [1.29, 1.82) is 0 Å². The summed E-state index contributed by atoms with van der Waals surface area (Å²) in [5.41, 5.74) is 0.912. The van der Waals surface area contributed by atoms with Crippen molar-refractivity contribution in [3.05, 3.63) is 53.0 Å². The smallest absolute Gasteiger partial charge is 0.341 e. The summed E-state index contributed by atoms with van der Waals surface area (Å²) in [4.78, 5) is 25.8. The van der Waals surface area contributed by atoms with E-state index in [2.05, 4.69) is 0 Å². The summed E-state index contributed by atoms with van der Waals surface area (Å²) in [5, 5.41) is 0. The number of carbonyl (C=O) groups excluding carboxylic acids is 2. The summed E-state index contributed by atoms with van der Waals surface area (Å²) in [5.74, 6) is 1.08. The molecule has 7 heteroatoms. The van der Waals surface area contributed by atoms with Crippen molar-refractivity contribution < 1.29 is 28.2 Å². The summed E-state index contributed by atoms with van der Waals surface area (Å²) >= 11 is 0. The fraction of sp³-hybridized carbons (Fsp3) is 0.429. The Balaban J connectivity index is 1.57. The van der Waals surface area contributed by atoms with Gasteiger partial charge < -0.3 is 23.5 Å². The summed E-state index contributed by atoms with van der Waals surface area (Å²) in [6, 6.07) is 8.63. The average Bonchev–Trinajstić information content (AvgIpc) is 3.35. The number of hydrogen-bond acceptors (Lipinski definition) is 6. The summed E-state index contributed by atoms with van der Waals surface area (Å²) in [6.07, 6.45) is 2.24. The molecule has 1 aliphatic rings. The molecule has 1 aromatic carbocycles. The van der Waals surface area contributed by atoms with E-state index in [1.165, 1.54) is 12.0 Å². The lowest BCUT2D eigenvalue weighted by Crippen LogP contribution is -2.26. The van der Waals surface area contributed by atoms with Crippen molar-refractivity contribution in [3.63, 3.8) is 0 Å². The quantitative estimate of drug-likeness (QED) is 0.679. The van der Waals surface area contributed by atoms with Gasteiger partial charge in [0.15, 0.2) is 0 Å². The zero-order chi connectivity index (χ0) is 20.1. The Bertz CT molecular complexity index is 820. The normalized spacial score (nSPS) is 16.0. The first-order chi connectivity index (χ1) is 13.5. The van der Waals surface area contributed by atoms with Crippen LogP contribution in [0.2, 0.25) is 0 Å². The molecule has 0 bridgehead atoms. The predicted molar refractivity (Wildman–Crippen MR) is 101 cm³/mol. The highest BCUT2D eigenvalue weighted by atomic mass is 16.5. The van der Waals surface area contributed by atoms with Crippen LogP contribution >= 0.6 is 0 Å². The van der Waals surface area contributed by atoms with Crippen LogP contribution in [0.4, 0.5) is 0 Å². The fourth-order valence-electron chi connectivity index (χ4n) is 3.12. The van der Waals surface area contributed by atoms with E-state index >= 15 is 0 Å². The Morgan fingerprint density at radius 1 is 1.25 bits per heavy atom. The second-order valence-electron chi connectivity index (χ2n) is 6.81. The zero-order valence-corrected chi connectivity index (χ0v) is 16.4. The van der Waals surface area contributed by atoms with Crippen LogP contribution in [-0.2, 0) is 16.0 Å². The van der Waals surface area contributed by atoms with Crippen LogP contribution in [0.1, 0.15) is 45.1 Å². The van der Waals surface area contributed by atoms with Gasteiger partial charge in [-0.25, -0.2) is 4.79 Å². The molecule has 28 heavy (non-hydrogen) atoms. The number of hydrogen-bond donors (Lipinski definition) is 0. The molecule has 1 fully saturated rings. The molecule has 2 aromatic rings. The summed E-state index contributed by atoms with van der Waals surface area (Å²) in [6.45, 7) is 3.25. The van der Waals surface area contributed by atoms with E-state index < -0.39 is 5.97 Å². The maximum atomic E-state index is 12.6. The van der Waals surface area contributed by atoms with Crippen LogP contribution < -0.4 is 4.74 Å². The number of rotatable bonds is 7. The van der Waals surface area contributed by atoms with Gasteiger partial charge in [-0.3, -0.25) is 4.79 Å². The fourth-order valence-corrected chi connectivity index (χ4v) is 3.12. The third-order valence-electron chi connectivity index (χ3n) is 4.67. The monoisotopic (exact) mass is 387 g/mol. The van der Waals surface area contributed by atoms with Crippen molar-refractivity contribution in [2.75, 3.05) is 27.4 Å². The van der Waals surface area contributed by atoms with Crippen LogP contribution in [0.15, 0.2) is 34.7 Å². The van der Waals surface area contributed by atoms with E-state index in [0.29, 0.717) is 35.0 Å². The zero-order valence-electron chi connectivity index (χ0n) is 16.4. The highest BCUT2D eigenvalue weighted by molar-refractivity contribution is 5.94. The second kappa shape index (κ2) is 8.93. The molecule has 3 rings (SSSR count). The minimum Gasteiger partial charge on any atom is -0.491 e. The number of nitrogens with zero attached hydrogens (tertiary/aromatic N) is 1. The van der Waals surface area contributed by atoms with Gasteiger partial charge in [-0.2, -0.15) is 0 Å². The minimum atomic E-state index is -0.458. The van der Waals surface area contributed by atoms with Crippen molar-refractivity contribution >= 4 is 11.9 Å². The Morgan fingerprint density at radius 2 is 2.00 bits per heavy atom. The largest absolute Gasteiger partial charge is 0.491 e. The molecule has 1 amide bonds. The topological polar surface area (TPSA) is 78.2 Å². The molecule has 1 aromatic heterocycles. The Morgan fingerprint density at radius 3 is 2.64 bits per heavy atom. The lowest BCUT2D eigenvalue weighted by Gasteiger charge is -2.16. The molecule has 1 aliphatic heterocycles. The number of esters is 1. The Hall–Kier alpha value is -2.80. The van der Waals surface area contributed by atoms with Gasteiger partial charge >= 0.3 is 5.97 Å². The van der Waals surface area contributed by atoms with Gasteiger partial charge in [-0.1, -0.05) is 0 Å². The number of aryl methyl sites for hydroxylation is 1. The first kappa shape index (κ1) is 19.9. The first-order valence-corrected chi connectivity index (χ1v) is 9.25. The van der Waals surface area contributed by atoms with Crippen molar-refractivity contribution in [1.82, 2.24) is 4.90 Å². The van der Waals surface area contributed by atoms with Crippen molar-refractivity contribution in [2.45, 2.75) is 32.4 Å². The molecular weight excluding hydrogens is 362 g/mol. The van der Waals surface area contributed by atoms with Crippen molar-refractivity contribution in [3.8, 4) is 5.75 Å². The number of methoxy groups -OCH3 is 1. The third kappa shape index (κ3) is 4.72. The van der Waals surface area contributed by atoms with Crippen LogP contribution in [-0.4, -0.2) is 50.3 Å². The number of amides is 1. The van der Waals surface area contributed by atoms with E-state index in [4.69, 9.17) is 18.6 Å². The molecule has 0 unspecified atom stereocenters. The maximum absolute atomic E-state index is 12.6. The highest BCUT2D eigenvalue weighted by Gasteiger charge is 2.19. The highest BCUT2D eigenvalue weighted by Crippen LogP contribution is 2.20. The van der Waals surface area contributed by atoms with E-state index in [0.717, 1.165) is 19.4 Å². The molecule has 1 atom stereocenters. The SMILES string of the molecule is COC(=O)c1cc(CN(C)C(=O)c2ccc(OC[C@H]3CCCO3)cc2)oc1C. The molecule has 2 heterocycles. The molecular formula is C21H25NO6. The summed E-state index contributed by atoms with van der Waals surface area (Å²) < 4.78 is 21.5. The van der Waals surface area contributed by atoms with Gasteiger partial charge in [0.1, 0.15) is 29.4 Å². The van der Waals surface area contributed by atoms with Gasteiger partial charge in [-0.15, -0.1) is 0 Å². The lowest BCUT2D eigenvalue weighted by molar-refractivity contribution is 0.0598. The average molecular weight is 387 g/mol. The van der Waals surface area contributed by atoms with Crippen molar-refractivity contribution in [2.24, 2.45) is 0 Å². The number of ether oxygens (including phenoxy) is 3. The van der Waals surface area contributed by atoms with Crippen LogP contribution in [0.5, 0.6) is 5.75 Å². The lowest BCUT2D eigenvalue weighted by atomic mass is 10.2. The summed E-state index contributed by atoms with van der Waals surface area (Å²) in [7, 11) is 3.00. The second-order valence-corrected chi connectivity index (χ2v) is 6.81. The molecule has 0 aliphatic carbocycles. The van der Waals surface area contributed by atoms with Crippen LogP contribution in [0.3, 0.4) is 0 Å². The number of carbonyl (C=O) groups is 2. The minimum absolute atomic E-state index is 0.152. The third-order valence-corrected chi connectivity index (χ3v) is 4.67. The molecule has 0 N–H and O–H groups in total. The Labute approximate surface area is 164 Å². The van der Waals surface area contributed by atoms with Gasteiger partial charge in [0.2, 0.25) is 0 Å². The molecule has 0 saturated carbocycles. The van der Waals surface area contributed by atoms with Crippen LogP contribution in [0, 0.1) is 6.92 Å². The van der Waals surface area contributed by atoms with E-state index in [-0.39, 0.29) is 18.6 Å². The molecule has 0 radical (unpaired) electrons. The van der Waals surface area contributed by atoms with E-state index in [9.17, 15) is 9.59 Å². The standard InChI is InChI=1S/C21H25NO6/c1-14-19(21(24)25-3)11-18(28-14)12-22(2)20(23)15-6-8-16(9-7-15)27-13-17-5-4-10-26-17/h6-9,11,17H,4-5,10,12-13H2,1-3H3/t17-/m1/s1. The van der Waals surface area contributed by atoms with Crippen LogP contribution in [0.25, 0.3) is 0 Å². The van der Waals surface area contributed by atoms with Gasteiger partial charge in [-0.05, 0) is 50.1 Å². The van der Waals surface area contributed by atoms with Gasteiger partial charge in [0.25, 0.3) is 5.91 Å². The molecule has 150 valence electrons. The Kier molecular flexibility index (Phi) is 6.36. The number of furan rings is 1. The number of benzene rings is 1. The van der Waals surface area contributed by atoms with Gasteiger partial charge in [0.05, 0.1) is 19.8 Å². The maximum Gasteiger partial charge on any atom is 0.341 e. The molecule has 1 saturated heterocycles. The molecule has 0 spiro atoms. The van der Waals surface area contributed by atoms with Gasteiger partial charge in [0, 0.05) is 19.2 Å². The van der Waals surface area contributed by atoms with E-state index in [1.807, 2.05) is 0 Å².